The molecule has 3 heteroatoms. The molecule has 0 aliphatic rings. The van der Waals surface area contributed by atoms with Crippen LogP contribution in [0.3, 0.4) is 0 Å². The minimum Gasteiger partial charge on any atom is -0.489 e. The normalized spacial score (nSPS) is 11.2. The van der Waals surface area contributed by atoms with Crippen LogP contribution >= 0.6 is 11.1 Å². The third-order valence-electron chi connectivity index (χ3n) is 2.20. The lowest BCUT2D eigenvalue weighted by Gasteiger charge is -2.19. The Morgan fingerprint density at radius 2 is 2.13 bits per heavy atom. The van der Waals surface area contributed by atoms with Crippen molar-refractivity contribution < 1.29 is 4.74 Å². The van der Waals surface area contributed by atoms with E-state index in [9.17, 15) is 0 Å². The SMILES string of the molecule is C=CCOc1c(C)cccc1[Si](C)(C)Cl. The summed E-state index contributed by atoms with van der Waals surface area (Å²) >= 11 is 6.45. The van der Waals surface area contributed by atoms with Crippen molar-refractivity contribution in [3.8, 4) is 5.75 Å². The average molecular weight is 241 g/mol. The van der Waals surface area contributed by atoms with Gasteiger partial charge in [-0.3, -0.25) is 0 Å². The van der Waals surface area contributed by atoms with Crippen LogP contribution in [-0.4, -0.2) is 14.0 Å². The molecule has 0 aliphatic heterocycles. The second-order valence-electron chi connectivity index (χ2n) is 4.02. The smallest absolute Gasteiger partial charge is 0.185 e. The first-order valence-corrected chi connectivity index (χ1v) is 9.00. The highest BCUT2D eigenvalue weighted by atomic mass is 35.6. The molecule has 0 fully saturated rings. The van der Waals surface area contributed by atoms with Crippen LogP contribution in [0.15, 0.2) is 30.9 Å². The topological polar surface area (TPSA) is 9.23 Å². The Morgan fingerprint density at radius 1 is 1.47 bits per heavy atom. The van der Waals surface area contributed by atoms with Crippen LogP contribution in [0.2, 0.25) is 13.1 Å². The first-order valence-electron chi connectivity index (χ1n) is 4.99. The zero-order valence-electron chi connectivity index (χ0n) is 9.51. The van der Waals surface area contributed by atoms with Crippen LogP contribution in [0, 0.1) is 6.92 Å². The molecule has 0 unspecified atom stereocenters. The van der Waals surface area contributed by atoms with E-state index in [1.165, 1.54) is 0 Å². The Hall–Kier alpha value is -0.733. The predicted octanol–water partition coefficient (Wildman–Crippen LogP) is 3.21. The van der Waals surface area contributed by atoms with Crippen molar-refractivity contribution in [3.05, 3.63) is 36.4 Å². The van der Waals surface area contributed by atoms with E-state index in [0.29, 0.717) is 6.61 Å². The molecule has 1 nitrogen and oxygen atoms in total. The summed E-state index contributed by atoms with van der Waals surface area (Å²) < 4.78 is 5.68. The van der Waals surface area contributed by atoms with Crippen LogP contribution < -0.4 is 9.92 Å². The Bertz CT molecular complexity index is 355. The van der Waals surface area contributed by atoms with Gasteiger partial charge in [-0.05, 0) is 17.7 Å². The summed E-state index contributed by atoms with van der Waals surface area (Å²) in [4.78, 5) is 0. The number of para-hydroxylation sites is 1. The summed E-state index contributed by atoms with van der Waals surface area (Å²) in [5, 5.41) is 1.16. The minimum absolute atomic E-state index is 0.527. The molecule has 82 valence electrons. The third kappa shape index (κ3) is 3.11. The van der Waals surface area contributed by atoms with E-state index in [-0.39, 0.29) is 0 Å². The molecular weight excluding hydrogens is 224 g/mol. The molecule has 0 amide bonds. The number of benzene rings is 1. The summed E-state index contributed by atoms with van der Waals surface area (Å²) in [6.07, 6.45) is 1.75. The monoisotopic (exact) mass is 240 g/mol. The third-order valence-corrected chi connectivity index (χ3v) is 4.48. The van der Waals surface area contributed by atoms with Gasteiger partial charge in [0, 0.05) is 0 Å². The van der Waals surface area contributed by atoms with Crippen molar-refractivity contribution in [2.45, 2.75) is 20.0 Å². The Morgan fingerprint density at radius 3 is 2.67 bits per heavy atom. The van der Waals surface area contributed by atoms with Crippen molar-refractivity contribution in [1.29, 1.82) is 0 Å². The zero-order chi connectivity index (χ0) is 11.5. The van der Waals surface area contributed by atoms with E-state index in [2.05, 4.69) is 25.7 Å². The predicted molar refractivity (Wildman–Crippen MR) is 69.8 cm³/mol. The van der Waals surface area contributed by atoms with Gasteiger partial charge in [-0.1, -0.05) is 43.9 Å². The number of halogens is 1. The molecule has 1 aromatic rings. The van der Waals surface area contributed by atoms with Crippen molar-refractivity contribution in [1.82, 2.24) is 0 Å². The number of hydrogen-bond acceptors (Lipinski definition) is 1. The van der Waals surface area contributed by atoms with Crippen LogP contribution in [0.5, 0.6) is 5.75 Å². The van der Waals surface area contributed by atoms with Crippen molar-refractivity contribution in [2.24, 2.45) is 0 Å². The highest BCUT2D eigenvalue weighted by Crippen LogP contribution is 2.21. The maximum absolute atomic E-state index is 6.45. The minimum atomic E-state index is -1.85. The second kappa shape index (κ2) is 4.86. The highest BCUT2D eigenvalue weighted by Gasteiger charge is 2.25. The van der Waals surface area contributed by atoms with Gasteiger partial charge in [0.1, 0.15) is 12.4 Å². The van der Waals surface area contributed by atoms with Crippen molar-refractivity contribution in [2.75, 3.05) is 6.61 Å². The maximum atomic E-state index is 6.45. The van der Waals surface area contributed by atoms with Gasteiger partial charge in [0.05, 0.1) is 0 Å². The molecule has 0 atom stereocenters. The van der Waals surface area contributed by atoms with E-state index >= 15 is 0 Å². The van der Waals surface area contributed by atoms with Crippen molar-refractivity contribution >= 4 is 23.6 Å². The molecular formula is C12H17ClOSi. The fourth-order valence-electron chi connectivity index (χ4n) is 1.45. The lowest BCUT2D eigenvalue weighted by atomic mass is 10.2. The Labute approximate surface area is 97.4 Å². The lowest BCUT2D eigenvalue weighted by Crippen LogP contribution is -2.36. The molecule has 1 rings (SSSR count). The summed E-state index contributed by atoms with van der Waals surface area (Å²) in [6, 6.07) is 6.13. The molecule has 0 radical (unpaired) electrons. The average Bonchev–Trinajstić information content (AvgIpc) is 2.14. The molecule has 0 bridgehead atoms. The van der Waals surface area contributed by atoms with Crippen LogP contribution in [0.1, 0.15) is 5.56 Å². The quantitative estimate of drug-likeness (QED) is 0.446. The zero-order valence-corrected chi connectivity index (χ0v) is 11.3. The summed E-state index contributed by atoms with van der Waals surface area (Å²) in [6.45, 7) is 10.4. The number of ether oxygens (including phenoxy) is 1. The lowest BCUT2D eigenvalue weighted by molar-refractivity contribution is 0.363. The molecule has 0 saturated carbocycles. The highest BCUT2D eigenvalue weighted by molar-refractivity contribution is 7.26. The van der Waals surface area contributed by atoms with Crippen molar-refractivity contribution in [3.63, 3.8) is 0 Å². The van der Waals surface area contributed by atoms with Gasteiger partial charge in [0.15, 0.2) is 7.38 Å². The Kier molecular flexibility index (Phi) is 4.00. The van der Waals surface area contributed by atoms with Gasteiger partial charge in [-0.15, -0.1) is 0 Å². The molecule has 1 aromatic carbocycles. The summed E-state index contributed by atoms with van der Waals surface area (Å²) in [5.74, 6) is 0.934. The molecule has 0 aromatic heterocycles. The van der Waals surface area contributed by atoms with E-state index < -0.39 is 7.38 Å². The second-order valence-corrected chi connectivity index (χ2v) is 10.3. The molecule has 0 heterocycles. The largest absolute Gasteiger partial charge is 0.489 e. The number of rotatable bonds is 4. The van der Waals surface area contributed by atoms with Gasteiger partial charge in [-0.25, -0.2) is 0 Å². The van der Waals surface area contributed by atoms with Gasteiger partial charge in [0.25, 0.3) is 0 Å². The standard InChI is InChI=1S/C12H17ClOSi/c1-5-9-14-12-10(2)7-6-8-11(12)15(3,4)13/h5-8H,1,9H2,2-4H3. The fraction of sp³-hybridized carbons (Fsp3) is 0.333. The molecule has 0 spiro atoms. The van der Waals surface area contributed by atoms with Gasteiger partial charge >= 0.3 is 0 Å². The molecule has 0 aliphatic carbocycles. The van der Waals surface area contributed by atoms with E-state index in [1.54, 1.807) is 6.08 Å². The van der Waals surface area contributed by atoms with Crippen LogP contribution in [-0.2, 0) is 0 Å². The summed E-state index contributed by atoms with van der Waals surface area (Å²) in [7, 11) is -1.85. The van der Waals surface area contributed by atoms with Crippen LogP contribution in [0.4, 0.5) is 0 Å². The number of hydrogen-bond donors (Lipinski definition) is 0. The summed E-state index contributed by atoms with van der Waals surface area (Å²) in [5.41, 5.74) is 1.13. The van der Waals surface area contributed by atoms with Crippen LogP contribution in [0.25, 0.3) is 0 Å². The van der Waals surface area contributed by atoms with Gasteiger partial charge in [-0.2, -0.15) is 11.1 Å². The maximum Gasteiger partial charge on any atom is 0.185 e. The van der Waals surface area contributed by atoms with E-state index in [4.69, 9.17) is 15.8 Å². The number of aryl methyl sites for hydroxylation is 1. The molecule has 0 saturated heterocycles. The van der Waals surface area contributed by atoms with Gasteiger partial charge in [0.2, 0.25) is 0 Å². The molecule has 0 N–H and O–H groups in total. The van der Waals surface area contributed by atoms with Gasteiger partial charge < -0.3 is 4.74 Å². The Balaban J connectivity index is 3.14. The van der Waals surface area contributed by atoms with E-state index in [1.807, 2.05) is 19.1 Å². The first kappa shape index (κ1) is 12.3. The fourth-order valence-corrected chi connectivity index (χ4v) is 3.20. The first-order chi connectivity index (χ1) is 6.96. The molecule has 15 heavy (non-hydrogen) atoms. The van der Waals surface area contributed by atoms with E-state index in [0.717, 1.165) is 16.5 Å².